The topological polar surface area (TPSA) is 75.6 Å². The third-order valence-electron chi connectivity index (χ3n) is 3.70. The number of rotatable bonds is 5. The summed E-state index contributed by atoms with van der Waals surface area (Å²) in [4.78, 5) is 22.7. The molecule has 5 heteroatoms. The fourth-order valence-electron chi connectivity index (χ4n) is 2.56. The zero-order valence-electron chi connectivity index (χ0n) is 12.2. The number of ether oxygens (including phenoxy) is 1. The Hall–Kier alpha value is -1.88. The second-order valence-electron chi connectivity index (χ2n) is 5.39. The molecule has 0 spiro atoms. The molecule has 2 atom stereocenters. The van der Waals surface area contributed by atoms with Crippen molar-refractivity contribution in [1.29, 1.82) is 0 Å². The van der Waals surface area contributed by atoms with Crippen LogP contribution in [0.5, 0.6) is 0 Å². The minimum absolute atomic E-state index is 0.0610. The summed E-state index contributed by atoms with van der Waals surface area (Å²) in [6.07, 6.45) is 1.30. The maximum Gasteiger partial charge on any atom is 0.305 e. The number of carbonyl (C=O) groups excluding carboxylic acids is 1. The maximum atomic E-state index is 12.2. The van der Waals surface area contributed by atoms with Crippen LogP contribution in [0.25, 0.3) is 0 Å². The monoisotopic (exact) mass is 291 g/mol. The number of hydrogen-bond donors (Lipinski definition) is 2. The quantitative estimate of drug-likeness (QED) is 0.870. The molecule has 1 saturated heterocycles. The molecular weight excluding hydrogens is 270 g/mol. The molecule has 1 aromatic rings. The third kappa shape index (κ3) is 4.29. The standard InChI is InChI=1S/C16H21NO4/c1-11-4-6-12(7-5-11)15-13(3-2-10-21-15)16(20)17-9-8-14(18)19/h4-7,13,15H,2-3,8-10H2,1H3,(H,17,20)(H,18,19)/t13-,15+/m0/s1. The van der Waals surface area contributed by atoms with E-state index in [1.54, 1.807) is 0 Å². The lowest BCUT2D eigenvalue weighted by Gasteiger charge is -2.31. The van der Waals surface area contributed by atoms with Crippen molar-refractivity contribution in [2.75, 3.05) is 13.2 Å². The third-order valence-corrected chi connectivity index (χ3v) is 3.70. The Bertz CT molecular complexity index is 498. The molecule has 0 aliphatic carbocycles. The molecule has 114 valence electrons. The van der Waals surface area contributed by atoms with Gasteiger partial charge in [-0.1, -0.05) is 29.8 Å². The first-order valence-electron chi connectivity index (χ1n) is 7.25. The van der Waals surface area contributed by atoms with E-state index in [4.69, 9.17) is 9.84 Å². The molecule has 2 rings (SSSR count). The van der Waals surface area contributed by atoms with Crippen molar-refractivity contribution in [3.05, 3.63) is 35.4 Å². The zero-order valence-corrected chi connectivity index (χ0v) is 12.2. The lowest BCUT2D eigenvalue weighted by Crippen LogP contribution is -2.38. The molecule has 1 fully saturated rings. The van der Waals surface area contributed by atoms with Gasteiger partial charge in [-0.15, -0.1) is 0 Å². The van der Waals surface area contributed by atoms with Gasteiger partial charge in [-0.3, -0.25) is 9.59 Å². The fourth-order valence-corrected chi connectivity index (χ4v) is 2.56. The van der Waals surface area contributed by atoms with Crippen molar-refractivity contribution in [2.45, 2.75) is 32.3 Å². The Labute approximate surface area is 124 Å². The minimum atomic E-state index is -0.912. The van der Waals surface area contributed by atoms with E-state index in [9.17, 15) is 9.59 Å². The van der Waals surface area contributed by atoms with Gasteiger partial charge in [0.25, 0.3) is 0 Å². The second-order valence-corrected chi connectivity index (χ2v) is 5.39. The highest BCUT2D eigenvalue weighted by atomic mass is 16.5. The molecule has 1 aromatic carbocycles. The van der Waals surface area contributed by atoms with Crippen molar-refractivity contribution < 1.29 is 19.4 Å². The van der Waals surface area contributed by atoms with Crippen molar-refractivity contribution >= 4 is 11.9 Å². The fraction of sp³-hybridized carbons (Fsp3) is 0.500. The number of nitrogens with one attached hydrogen (secondary N) is 1. The van der Waals surface area contributed by atoms with Gasteiger partial charge in [-0.25, -0.2) is 0 Å². The van der Waals surface area contributed by atoms with Crippen LogP contribution in [0.1, 0.15) is 36.5 Å². The van der Waals surface area contributed by atoms with Crippen molar-refractivity contribution in [3.63, 3.8) is 0 Å². The van der Waals surface area contributed by atoms with E-state index in [2.05, 4.69) is 5.32 Å². The second kappa shape index (κ2) is 7.22. The van der Waals surface area contributed by atoms with Gasteiger partial charge in [0.2, 0.25) is 5.91 Å². The van der Waals surface area contributed by atoms with Crippen LogP contribution in [0, 0.1) is 12.8 Å². The summed E-state index contributed by atoms with van der Waals surface area (Å²) >= 11 is 0. The molecule has 0 radical (unpaired) electrons. The zero-order chi connectivity index (χ0) is 15.2. The Kier molecular flexibility index (Phi) is 5.33. The van der Waals surface area contributed by atoms with Gasteiger partial charge in [0.05, 0.1) is 18.4 Å². The number of aryl methyl sites for hydroxylation is 1. The summed E-state index contributed by atoms with van der Waals surface area (Å²) in [5.74, 6) is -1.29. The first-order chi connectivity index (χ1) is 10.1. The molecule has 2 N–H and O–H groups in total. The summed E-state index contributed by atoms with van der Waals surface area (Å²) < 4.78 is 5.79. The molecular formula is C16H21NO4. The molecule has 5 nitrogen and oxygen atoms in total. The van der Waals surface area contributed by atoms with Crippen molar-refractivity contribution in [3.8, 4) is 0 Å². The Morgan fingerprint density at radius 3 is 2.71 bits per heavy atom. The van der Waals surface area contributed by atoms with Crippen LogP contribution < -0.4 is 5.32 Å². The smallest absolute Gasteiger partial charge is 0.305 e. The number of amides is 1. The summed E-state index contributed by atoms with van der Waals surface area (Å²) in [5.41, 5.74) is 2.16. The van der Waals surface area contributed by atoms with Crippen LogP contribution in [0.15, 0.2) is 24.3 Å². The van der Waals surface area contributed by atoms with E-state index in [1.165, 1.54) is 0 Å². The van der Waals surface area contributed by atoms with Crippen molar-refractivity contribution in [2.24, 2.45) is 5.92 Å². The van der Waals surface area contributed by atoms with Gasteiger partial charge in [-0.2, -0.15) is 0 Å². The molecule has 0 unspecified atom stereocenters. The van der Waals surface area contributed by atoms with Crippen molar-refractivity contribution in [1.82, 2.24) is 5.32 Å². The number of aliphatic carboxylic acids is 1. The predicted octanol–water partition coefficient (Wildman–Crippen LogP) is 2.05. The van der Waals surface area contributed by atoms with Gasteiger partial charge >= 0.3 is 5.97 Å². The van der Waals surface area contributed by atoms with Gasteiger partial charge in [0.1, 0.15) is 0 Å². The highest BCUT2D eigenvalue weighted by Crippen LogP contribution is 2.33. The lowest BCUT2D eigenvalue weighted by molar-refractivity contribution is -0.137. The summed E-state index contributed by atoms with van der Waals surface area (Å²) in [6, 6.07) is 7.99. The molecule has 0 saturated carbocycles. The summed E-state index contributed by atoms with van der Waals surface area (Å²) in [7, 11) is 0. The molecule has 1 aliphatic heterocycles. The predicted molar refractivity (Wildman–Crippen MR) is 77.9 cm³/mol. The molecule has 0 aromatic heterocycles. The number of carboxylic acid groups (broad SMARTS) is 1. The first kappa shape index (κ1) is 15.5. The van der Waals surface area contributed by atoms with E-state index in [0.29, 0.717) is 6.61 Å². The Morgan fingerprint density at radius 2 is 2.05 bits per heavy atom. The number of benzene rings is 1. The van der Waals surface area contributed by atoms with E-state index in [0.717, 1.165) is 24.0 Å². The molecule has 1 aliphatic rings. The van der Waals surface area contributed by atoms with Gasteiger partial charge in [0.15, 0.2) is 0 Å². The Morgan fingerprint density at radius 1 is 1.33 bits per heavy atom. The van der Waals surface area contributed by atoms with Crippen LogP contribution >= 0.6 is 0 Å². The van der Waals surface area contributed by atoms with E-state index < -0.39 is 5.97 Å². The van der Waals surface area contributed by atoms with Crippen LogP contribution in [-0.2, 0) is 14.3 Å². The van der Waals surface area contributed by atoms with Crippen LogP contribution in [0.3, 0.4) is 0 Å². The van der Waals surface area contributed by atoms with Gasteiger partial charge in [-0.05, 0) is 25.3 Å². The van der Waals surface area contributed by atoms with Crippen LogP contribution in [0.2, 0.25) is 0 Å². The maximum absolute atomic E-state index is 12.2. The van der Waals surface area contributed by atoms with E-state index in [-0.39, 0.29) is 30.9 Å². The summed E-state index contributed by atoms with van der Waals surface area (Å²) in [6.45, 7) is 2.82. The average Bonchev–Trinajstić information content (AvgIpc) is 2.47. The number of hydrogen-bond acceptors (Lipinski definition) is 3. The van der Waals surface area contributed by atoms with Gasteiger partial charge in [0, 0.05) is 13.2 Å². The molecule has 0 bridgehead atoms. The SMILES string of the molecule is Cc1ccc([C@H]2OCCC[C@@H]2C(=O)NCCC(=O)O)cc1. The first-order valence-corrected chi connectivity index (χ1v) is 7.25. The van der Waals surface area contributed by atoms with E-state index >= 15 is 0 Å². The lowest BCUT2D eigenvalue weighted by atomic mass is 9.88. The van der Waals surface area contributed by atoms with Gasteiger partial charge < -0.3 is 15.2 Å². The largest absolute Gasteiger partial charge is 0.481 e. The molecule has 1 heterocycles. The molecule has 21 heavy (non-hydrogen) atoms. The normalized spacial score (nSPS) is 21.8. The highest BCUT2D eigenvalue weighted by molar-refractivity contribution is 5.80. The highest BCUT2D eigenvalue weighted by Gasteiger charge is 2.32. The van der Waals surface area contributed by atoms with Crippen LogP contribution in [0.4, 0.5) is 0 Å². The minimum Gasteiger partial charge on any atom is -0.481 e. The summed E-state index contributed by atoms with van der Waals surface area (Å²) in [5, 5.41) is 11.3. The van der Waals surface area contributed by atoms with Crippen LogP contribution in [-0.4, -0.2) is 30.1 Å². The average molecular weight is 291 g/mol. The number of carbonyl (C=O) groups is 2. The number of carboxylic acids is 1. The molecule has 1 amide bonds. The van der Waals surface area contributed by atoms with E-state index in [1.807, 2.05) is 31.2 Å². The Balaban J connectivity index is 2.02.